The zero-order chi connectivity index (χ0) is 14.2. The lowest BCUT2D eigenvalue weighted by Crippen LogP contribution is -2.18. The predicted octanol–water partition coefficient (Wildman–Crippen LogP) is 1.40. The monoisotopic (exact) mass is 304 g/mol. The van der Waals surface area contributed by atoms with Gasteiger partial charge in [-0.15, -0.1) is 10.2 Å². The van der Waals surface area contributed by atoms with Crippen molar-refractivity contribution in [1.29, 1.82) is 0 Å². The Balaban J connectivity index is 2.75. The molecule has 2 rings (SSSR count). The summed E-state index contributed by atoms with van der Waals surface area (Å²) in [5.41, 5.74) is -0.00610. The highest BCUT2D eigenvalue weighted by molar-refractivity contribution is 7.89. The quantitative estimate of drug-likeness (QED) is 0.928. The van der Waals surface area contributed by atoms with E-state index in [1.54, 1.807) is 6.92 Å². The zero-order valence-corrected chi connectivity index (χ0v) is 11.4. The number of nitrogens with zero attached hydrogens (tertiary/aromatic N) is 3. The standard InChI is InChI=1S/C10H10ClFN4O2S/c1-2-16-9(14-15-10(16)19(13,17)18)8-6(11)4-3-5-7(8)12/h3-5H,2H2,1H3,(H2,13,17,18). The fourth-order valence-corrected chi connectivity index (χ4v) is 2.61. The molecule has 0 aliphatic heterocycles. The molecule has 0 unspecified atom stereocenters. The van der Waals surface area contributed by atoms with Crippen LogP contribution in [0, 0.1) is 5.82 Å². The van der Waals surface area contributed by atoms with Crippen molar-refractivity contribution >= 4 is 21.6 Å². The summed E-state index contributed by atoms with van der Waals surface area (Å²) in [6.07, 6.45) is 0. The van der Waals surface area contributed by atoms with Gasteiger partial charge in [-0.3, -0.25) is 4.57 Å². The van der Waals surface area contributed by atoms with Crippen LogP contribution >= 0.6 is 11.6 Å². The molecule has 0 amide bonds. The third-order valence-corrected chi connectivity index (χ3v) is 3.60. The predicted molar refractivity (Wildman–Crippen MR) is 67.5 cm³/mol. The van der Waals surface area contributed by atoms with Crippen LogP contribution in [0.15, 0.2) is 23.4 Å². The average Bonchev–Trinajstić information content (AvgIpc) is 2.72. The molecule has 0 saturated heterocycles. The lowest BCUT2D eigenvalue weighted by molar-refractivity contribution is 0.569. The van der Waals surface area contributed by atoms with Crippen molar-refractivity contribution in [2.45, 2.75) is 18.6 Å². The molecule has 0 radical (unpaired) electrons. The molecule has 0 fully saturated rings. The van der Waals surface area contributed by atoms with Gasteiger partial charge >= 0.3 is 0 Å². The second-order valence-electron chi connectivity index (χ2n) is 3.69. The molecule has 2 N–H and O–H groups in total. The molecule has 0 atom stereocenters. The first-order chi connectivity index (χ1) is 8.86. The van der Waals surface area contributed by atoms with Crippen LogP contribution in [-0.4, -0.2) is 23.2 Å². The number of aromatic nitrogens is 3. The SMILES string of the molecule is CCn1c(-c2c(F)cccc2Cl)nnc1S(N)(=O)=O. The summed E-state index contributed by atoms with van der Waals surface area (Å²) < 4.78 is 37.7. The van der Waals surface area contributed by atoms with Gasteiger partial charge in [-0.25, -0.2) is 17.9 Å². The van der Waals surface area contributed by atoms with E-state index in [1.807, 2.05) is 0 Å². The maximum absolute atomic E-state index is 13.8. The van der Waals surface area contributed by atoms with Crippen LogP contribution in [0.1, 0.15) is 6.92 Å². The molecule has 2 aromatic rings. The first-order valence-corrected chi connectivity index (χ1v) is 7.19. The minimum absolute atomic E-state index is 0.00610. The highest BCUT2D eigenvalue weighted by Gasteiger charge is 2.23. The fourth-order valence-electron chi connectivity index (χ4n) is 1.68. The van der Waals surface area contributed by atoms with Crippen molar-refractivity contribution in [3.05, 3.63) is 29.0 Å². The molecular formula is C10H10ClFN4O2S. The molecule has 9 heteroatoms. The van der Waals surface area contributed by atoms with Crippen LogP contribution in [0.2, 0.25) is 5.02 Å². The molecule has 1 heterocycles. The van der Waals surface area contributed by atoms with Gasteiger partial charge in [0.1, 0.15) is 5.82 Å². The third-order valence-electron chi connectivity index (χ3n) is 2.47. The normalized spacial score (nSPS) is 11.8. The van der Waals surface area contributed by atoms with Crippen LogP contribution in [0.4, 0.5) is 4.39 Å². The summed E-state index contributed by atoms with van der Waals surface area (Å²) in [5, 5.41) is 11.9. The topological polar surface area (TPSA) is 90.9 Å². The molecule has 102 valence electrons. The molecule has 1 aromatic carbocycles. The van der Waals surface area contributed by atoms with Crippen molar-refractivity contribution in [3.8, 4) is 11.4 Å². The maximum Gasteiger partial charge on any atom is 0.273 e. The first-order valence-electron chi connectivity index (χ1n) is 5.26. The Kier molecular flexibility index (Phi) is 3.57. The molecule has 6 nitrogen and oxygen atoms in total. The van der Waals surface area contributed by atoms with Crippen molar-refractivity contribution in [3.63, 3.8) is 0 Å². The molecular weight excluding hydrogens is 295 g/mol. The summed E-state index contributed by atoms with van der Waals surface area (Å²) in [4.78, 5) is 0. The Bertz CT molecular complexity index is 709. The number of primary sulfonamides is 1. The zero-order valence-electron chi connectivity index (χ0n) is 9.84. The van der Waals surface area contributed by atoms with Gasteiger partial charge in [0, 0.05) is 6.54 Å². The minimum atomic E-state index is -4.03. The first kappa shape index (κ1) is 13.9. The Morgan fingerprint density at radius 1 is 1.42 bits per heavy atom. The van der Waals surface area contributed by atoms with Crippen LogP contribution < -0.4 is 5.14 Å². The van der Waals surface area contributed by atoms with Crippen LogP contribution in [0.25, 0.3) is 11.4 Å². The van der Waals surface area contributed by atoms with E-state index in [9.17, 15) is 12.8 Å². The van der Waals surface area contributed by atoms with Crippen molar-refractivity contribution in [1.82, 2.24) is 14.8 Å². The van der Waals surface area contributed by atoms with E-state index in [0.29, 0.717) is 0 Å². The number of nitrogens with two attached hydrogens (primary N) is 1. The number of benzene rings is 1. The molecule has 0 saturated carbocycles. The van der Waals surface area contributed by atoms with Crippen LogP contribution in [0.5, 0.6) is 0 Å². The van der Waals surface area contributed by atoms with Gasteiger partial charge in [-0.1, -0.05) is 17.7 Å². The van der Waals surface area contributed by atoms with E-state index < -0.39 is 21.0 Å². The smallest absolute Gasteiger partial charge is 0.273 e. The highest BCUT2D eigenvalue weighted by atomic mass is 35.5. The van der Waals surface area contributed by atoms with E-state index in [4.69, 9.17) is 16.7 Å². The summed E-state index contributed by atoms with van der Waals surface area (Å²) in [5.74, 6) is -0.592. The van der Waals surface area contributed by atoms with Gasteiger partial charge in [0.2, 0.25) is 0 Å². The Morgan fingerprint density at radius 3 is 2.63 bits per heavy atom. The van der Waals surface area contributed by atoms with Crippen molar-refractivity contribution in [2.24, 2.45) is 5.14 Å². The summed E-state index contributed by atoms with van der Waals surface area (Å²) in [6.45, 7) is 1.87. The molecule has 0 spiro atoms. The van der Waals surface area contributed by atoms with E-state index >= 15 is 0 Å². The van der Waals surface area contributed by atoms with Gasteiger partial charge in [0.05, 0.1) is 10.6 Å². The van der Waals surface area contributed by atoms with Crippen LogP contribution in [-0.2, 0) is 16.6 Å². The number of hydrogen-bond donors (Lipinski definition) is 1. The van der Waals surface area contributed by atoms with Gasteiger partial charge in [0.15, 0.2) is 5.82 Å². The minimum Gasteiger partial charge on any atom is -0.297 e. The average molecular weight is 305 g/mol. The second kappa shape index (κ2) is 4.87. The van der Waals surface area contributed by atoms with Gasteiger partial charge < -0.3 is 0 Å². The highest BCUT2D eigenvalue weighted by Crippen LogP contribution is 2.30. The largest absolute Gasteiger partial charge is 0.297 e. The van der Waals surface area contributed by atoms with Crippen LogP contribution in [0.3, 0.4) is 0 Å². The lowest BCUT2D eigenvalue weighted by Gasteiger charge is -2.08. The molecule has 1 aromatic heterocycles. The van der Waals surface area contributed by atoms with Gasteiger partial charge in [-0.05, 0) is 19.1 Å². The van der Waals surface area contributed by atoms with Gasteiger partial charge in [-0.2, -0.15) is 0 Å². The Labute approximate surface area is 114 Å². The Hall–Kier alpha value is -1.51. The summed E-state index contributed by atoms with van der Waals surface area (Å²) >= 11 is 5.91. The molecule has 0 aliphatic carbocycles. The van der Waals surface area contributed by atoms with E-state index in [0.717, 1.165) is 0 Å². The van der Waals surface area contributed by atoms with Crippen molar-refractivity contribution < 1.29 is 12.8 Å². The lowest BCUT2D eigenvalue weighted by atomic mass is 10.2. The summed E-state index contributed by atoms with van der Waals surface area (Å²) in [7, 11) is -4.03. The summed E-state index contributed by atoms with van der Waals surface area (Å²) in [6, 6.07) is 4.12. The molecule has 0 aliphatic rings. The van der Waals surface area contributed by atoms with E-state index in [2.05, 4.69) is 10.2 Å². The number of halogens is 2. The van der Waals surface area contributed by atoms with E-state index in [-0.39, 0.29) is 23.0 Å². The molecule has 0 bridgehead atoms. The molecule has 19 heavy (non-hydrogen) atoms. The number of sulfonamides is 1. The number of rotatable bonds is 3. The second-order valence-corrected chi connectivity index (χ2v) is 5.55. The maximum atomic E-state index is 13.8. The van der Waals surface area contributed by atoms with E-state index in [1.165, 1.54) is 22.8 Å². The third kappa shape index (κ3) is 2.46. The van der Waals surface area contributed by atoms with Crippen molar-refractivity contribution in [2.75, 3.05) is 0 Å². The van der Waals surface area contributed by atoms with Gasteiger partial charge in [0.25, 0.3) is 15.2 Å². The fraction of sp³-hybridized carbons (Fsp3) is 0.200. The Morgan fingerprint density at radius 2 is 2.11 bits per heavy atom. The number of hydrogen-bond acceptors (Lipinski definition) is 4.